The number of H-pyrrole nitrogens is 1. The maximum Gasteiger partial charge on any atom is 0.335 e. The number of nitrogens with zero attached hydrogens (tertiary/aromatic N) is 3. The Kier molecular flexibility index (Phi) is 3.56. The molecule has 19 heavy (non-hydrogen) atoms. The number of aromatic nitrogens is 3. The van der Waals surface area contributed by atoms with E-state index in [0.717, 1.165) is 5.56 Å². The fraction of sp³-hybridized carbons (Fsp3) is 0.167. The molecule has 1 heterocycles. The van der Waals surface area contributed by atoms with Crippen LogP contribution in [-0.4, -0.2) is 44.3 Å². The molecule has 0 radical (unpaired) electrons. The van der Waals surface area contributed by atoms with Crippen LogP contribution < -0.4 is 0 Å². The van der Waals surface area contributed by atoms with E-state index in [4.69, 9.17) is 5.11 Å². The van der Waals surface area contributed by atoms with Crippen molar-refractivity contribution in [1.29, 1.82) is 0 Å². The molecule has 0 aliphatic carbocycles. The van der Waals surface area contributed by atoms with E-state index in [-0.39, 0.29) is 17.2 Å². The molecule has 0 aliphatic heterocycles. The lowest BCUT2D eigenvalue weighted by atomic mass is 10.1. The smallest absolute Gasteiger partial charge is 0.335 e. The Balaban J connectivity index is 2.04. The highest BCUT2D eigenvalue weighted by molar-refractivity contribution is 5.91. The lowest BCUT2D eigenvalue weighted by Crippen LogP contribution is -2.26. The highest BCUT2D eigenvalue weighted by Crippen LogP contribution is 2.08. The topological polar surface area (TPSA) is 99.2 Å². The Labute approximate surface area is 108 Å². The summed E-state index contributed by atoms with van der Waals surface area (Å²) >= 11 is 0. The standard InChI is InChI=1S/C12H12N4O3/c1-16(11(17)10-6-13-15-14-10)7-8-2-4-9(5-3-8)12(18)19/h2-6H,7H2,1H3,(H,18,19)(H,13,14,15). The van der Waals surface area contributed by atoms with Crippen LogP contribution in [0.3, 0.4) is 0 Å². The number of hydrogen-bond donors (Lipinski definition) is 2. The largest absolute Gasteiger partial charge is 0.478 e. The van der Waals surface area contributed by atoms with E-state index in [1.54, 1.807) is 19.2 Å². The third-order valence-electron chi connectivity index (χ3n) is 2.60. The molecule has 0 unspecified atom stereocenters. The highest BCUT2D eigenvalue weighted by Gasteiger charge is 2.14. The van der Waals surface area contributed by atoms with Crippen molar-refractivity contribution in [2.75, 3.05) is 7.05 Å². The van der Waals surface area contributed by atoms with Crippen molar-refractivity contribution in [3.8, 4) is 0 Å². The van der Waals surface area contributed by atoms with E-state index >= 15 is 0 Å². The average Bonchev–Trinajstić information content (AvgIpc) is 2.92. The van der Waals surface area contributed by atoms with Gasteiger partial charge in [0, 0.05) is 13.6 Å². The summed E-state index contributed by atoms with van der Waals surface area (Å²) < 4.78 is 0. The van der Waals surface area contributed by atoms with E-state index in [1.807, 2.05) is 0 Å². The molecule has 1 amide bonds. The third-order valence-corrected chi connectivity index (χ3v) is 2.60. The summed E-state index contributed by atoms with van der Waals surface area (Å²) in [6.45, 7) is 0.367. The SMILES string of the molecule is CN(Cc1ccc(C(=O)O)cc1)C(=O)c1cn[nH]n1. The van der Waals surface area contributed by atoms with Crippen LogP contribution in [0.1, 0.15) is 26.4 Å². The van der Waals surface area contributed by atoms with Crippen molar-refractivity contribution in [1.82, 2.24) is 20.3 Å². The molecular formula is C12H12N4O3. The van der Waals surface area contributed by atoms with Crippen LogP contribution >= 0.6 is 0 Å². The Hall–Kier alpha value is -2.70. The fourth-order valence-corrected chi connectivity index (χ4v) is 1.60. The number of aromatic amines is 1. The van der Waals surface area contributed by atoms with E-state index in [1.165, 1.54) is 23.2 Å². The first kappa shape index (κ1) is 12.7. The molecule has 2 rings (SSSR count). The van der Waals surface area contributed by atoms with Crippen LogP contribution in [-0.2, 0) is 6.54 Å². The number of carboxylic acid groups (broad SMARTS) is 1. The van der Waals surface area contributed by atoms with Crippen molar-refractivity contribution in [2.45, 2.75) is 6.54 Å². The molecule has 1 aromatic carbocycles. The summed E-state index contributed by atoms with van der Waals surface area (Å²) in [4.78, 5) is 24.1. The zero-order valence-corrected chi connectivity index (χ0v) is 10.2. The number of carbonyl (C=O) groups excluding carboxylic acids is 1. The van der Waals surface area contributed by atoms with Gasteiger partial charge in [-0.05, 0) is 17.7 Å². The first-order chi connectivity index (χ1) is 9.08. The molecule has 0 saturated carbocycles. The molecule has 98 valence electrons. The Morgan fingerprint density at radius 2 is 2.00 bits per heavy atom. The number of amides is 1. The van der Waals surface area contributed by atoms with Gasteiger partial charge in [0.2, 0.25) is 0 Å². The van der Waals surface area contributed by atoms with Gasteiger partial charge in [0.25, 0.3) is 5.91 Å². The number of aromatic carboxylic acids is 1. The van der Waals surface area contributed by atoms with Gasteiger partial charge in [0.05, 0.1) is 11.8 Å². The second kappa shape index (κ2) is 5.30. The van der Waals surface area contributed by atoms with Crippen LogP contribution in [0.5, 0.6) is 0 Å². The molecule has 1 aromatic heterocycles. The number of benzene rings is 1. The van der Waals surface area contributed by atoms with Crippen molar-refractivity contribution in [3.63, 3.8) is 0 Å². The molecular weight excluding hydrogens is 248 g/mol. The average molecular weight is 260 g/mol. The summed E-state index contributed by atoms with van der Waals surface area (Å²) in [5.41, 5.74) is 1.29. The lowest BCUT2D eigenvalue weighted by molar-refractivity contribution is 0.0695. The predicted octanol–water partition coefficient (Wildman–Crippen LogP) is 0.775. The van der Waals surface area contributed by atoms with Gasteiger partial charge in [-0.25, -0.2) is 4.79 Å². The van der Waals surface area contributed by atoms with Crippen molar-refractivity contribution >= 4 is 11.9 Å². The maximum absolute atomic E-state index is 11.9. The molecule has 0 atom stereocenters. The number of carboxylic acids is 1. The van der Waals surface area contributed by atoms with Gasteiger partial charge < -0.3 is 10.0 Å². The van der Waals surface area contributed by atoms with Crippen LogP contribution in [0.25, 0.3) is 0 Å². The van der Waals surface area contributed by atoms with Gasteiger partial charge in [-0.3, -0.25) is 4.79 Å². The van der Waals surface area contributed by atoms with Crippen molar-refractivity contribution in [3.05, 3.63) is 47.3 Å². The van der Waals surface area contributed by atoms with Crippen LogP contribution in [0, 0.1) is 0 Å². The molecule has 2 N–H and O–H groups in total. The van der Waals surface area contributed by atoms with Gasteiger partial charge >= 0.3 is 5.97 Å². The van der Waals surface area contributed by atoms with E-state index in [9.17, 15) is 9.59 Å². The van der Waals surface area contributed by atoms with Crippen LogP contribution in [0.4, 0.5) is 0 Å². The molecule has 0 fully saturated rings. The minimum Gasteiger partial charge on any atom is -0.478 e. The Morgan fingerprint density at radius 1 is 1.32 bits per heavy atom. The minimum atomic E-state index is -0.974. The predicted molar refractivity (Wildman–Crippen MR) is 65.6 cm³/mol. The first-order valence-electron chi connectivity index (χ1n) is 5.51. The number of nitrogens with one attached hydrogen (secondary N) is 1. The van der Waals surface area contributed by atoms with Gasteiger partial charge in [0.1, 0.15) is 0 Å². The van der Waals surface area contributed by atoms with Gasteiger partial charge in [-0.2, -0.15) is 15.4 Å². The second-order valence-corrected chi connectivity index (χ2v) is 4.02. The Bertz CT molecular complexity index is 578. The quantitative estimate of drug-likeness (QED) is 0.846. The van der Waals surface area contributed by atoms with Crippen molar-refractivity contribution < 1.29 is 14.7 Å². The number of hydrogen-bond acceptors (Lipinski definition) is 4. The molecule has 0 spiro atoms. The molecule has 0 bridgehead atoms. The van der Waals surface area contributed by atoms with Crippen LogP contribution in [0.15, 0.2) is 30.5 Å². The summed E-state index contributed by atoms with van der Waals surface area (Å²) in [5.74, 6) is -1.23. The number of carbonyl (C=O) groups is 2. The van der Waals surface area contributed by atoms with Gasteiger partial charge in [0.15, 0.2) is 5.69 Å². The zero-order valence-electron chi connectivity index (χ0n) is 10.2. The maximum atomic E-state index is 11.9. The summed E-state index contributed by atoms with van der Waals surface area (Å²) in [7, 11) is 1.64. The van der Waals surface area contributed by atoms with E-state index in [2.05, 4.69) is 15.4 Å². The molecule has 7 nitrogen and oxygen atoms in total. The zero-order chi connectivity index (χ0) is 13.8. The van der Waals surface area contributed by atoms with Gasteiger partial charge in [-0.1, -0.05) is 12.1 Å². The summed E-state index contributed by atoms with van der Waals surface area (Å²) in [6.07, 6.45) is 1.35. The number of rotatable bonds is 4. The first-order valence-corrected chi connectivity index (χ1v) is 5.51. The monoisotopic (exact) mass is 260 g/mol. The van der Waals surface area contributed by atoms with E-state index < -0.39 is 5.97 Å². The summed E-state index contributed by atoms with van der Waals surface area (Å²) in [5, 5.41) is 18.5. The molecule has 7 heteroatoms. The van der Waals surface area contributed by atoms with Crippen LogP contribution in [0.2, 0.25) is 0 Å². The molecule has 0 aliphatic rings. The normalized spacial score (nSPS) is 10.2. The lowest BCUT2D eigenvalue weighted by Gasteiger charge is -2.15. The van der Waals surface area contributed by atoms with E-state index in [0.29, 0.717) is 6.54 Å². The van der Waals surface area contributed by atoms with Crippen molar-refractivity contribution in [2.24, 2.45) is 0 Å². The third kappa shape index (κ3) is 2.95. The van der Waals surface area contributed by atoms with Gasteiger partial charge in [-0.15, -0.1) is 0 Å². The summed E-state index contributed by atoms with van der Waals surface area (Å²) in [6, 6.07) is 6.37. The second-order valence-electron chi connectivity index (χ2n) is 4.02. The minimum absolute atomic E-state index is 0.217. The molecule has 0 saturated heterocycles. The Morgan fingerprint density at radius 3 is 2.53 bits per heavy atom. The molecule has 2 aromatic rings. The fourth-order valence-electron chi connectivity index (χ4n) is 1.60. The highest BCUT2D eigenvalue weighted by atomic mass is 16.4.